The van der Waals surface area contributed by atoms with E-state index in [2.05, 4.69) is 0 Å². The van der Waals surface area contributed by atoms with E-state index in [0.717, 1.165) is 12.8 Å². The Hall–Kier alpha value is -2.62. The normalized spacial score (nSPS) is 27.5. The first-order valence-electron chi connectivity index (χ1n) is 10.3. The van der Waals surface area contributed by atoms with Gasteiger partial charge in [-0.2, -0.15) is 13.2 Å². The molecule has 4 rings (SSSR count). The quantitative estimate of drug-likeness (QED) is 0.727. The van der Waals surface area contributed by atoms with Crippen molar-refractivity contribution in [3.05, 3.63) is 39.8 Å². The molecule has 0 spiro atoms. The molecule has 3 heterocycles. The maximum absolute atomic E-state index is 13.1. The molecule has 1 saturated heterocycles. The van der Waals surface area contributed by atoms with Crippen molar-refractivity contribution in [1.29, 1.82) is 0 Å². The maximum Gasteiger partial charge on any atom is 0.405 e. The summed E-state index contributed by atoms with van der Waals surface area (Å²) in [7, 11) is 0. The second-order valence-corrected chi connectivity index (χ2v) is 8.37. The van der Waals surface area contributed by atoms with E-state index in [9.17, 15) is 32.7 Å². The van der Waals surface area contributed by atoms with Crippen LogP contribution in [0.3, 0.4) is 0 Å². The Balaban J connectivity index is 1.79. The number of aliphatic hydroxyl groups is 1. The number of carbonyl (C=O) groups is 2. The number of allylic oxidation sites excluding steroid dienone is 1. The van der Waals surface area contributed by atoms with Gasteiger partial charge in [-0.3, -0.25) is 14.4 Å². The molecule has 4 atom stereocenters. The Bertz CT molecular complexity index is 983. The van der Waals surface area contributed by atoms with Crippen molar-refractivity contribution >= 4 is 17.9 Å². The zero-order valence-electron chi connectivity index (χ0n) is 16.9. The van der Waals surface area contributed by atoms with E-state index in [1.54, 1.807) is 36.1 Å². The van der Waals surface area contributed by atoms with E-state index < -0.39 is 49.2 Å². The third-order valence-electron chi connectivity index (χ3n) is 6.37. The van der Waals surface area contributed by atoms with Gasteiger partial charge in [0, 0.05) is 36.2 Å². The molecule has 2 aliphatic heterocycles. The molecule has 2 N–H and O–H groups in total. The average Bonchev–Trinajstić information content (AvgIpc) is 3.52. The van der Waals surface area contributed by atoms with Crippen molar-refractivity contribution in [2.75, 3.05) is 13.2 Å². The lowest BCUT2D eigenvalue weighted by molar-refractivity contribution is -0.143. The van der Waals surface area contributed by atoms with Crippen LogP contribution in [0.15, 0.2) is 23.0 Å². The van der Waals surface area contributed by atoms with Crippen LogP contribution >= 0.6 is 0 Å². The van der Waals surface area contributed by atoms with E-state index >= 15 is 0 Å². The summed E-state index contributed by atoms with van der Waals surface area (Å²) in [4.78, 5) is 40.4. The van der Waals surface area contributed by atoms with E-state index in [1.807, 2.05) is 5.32 Å². The van der Waals surface area contributed by atoms with Gasteiger partial charge in [-0.05, 0) is 31.9 Å². The molecule has 2 amide bonds. The Labute approximate surface area is 176 Å². The molecule has 1 saturated carbocycles. The monoisotopic (exact) mass is 439 g/mol. The number of nitrogens with zero attached hydrogens (tertiary/aromatic N) is 2. The second kappa shape index (κ2) is 7.81. The molecule has 1 aliphatic carbocycles. The molecule has 0 radical (unpaired) electrons. The van der Waals surface area contributed by atoms with Gasteiger partial charge < -0.3 is 19.9 Å². The molecule has 1 aromatic heterocycles. The van der Waals surface area contributed by atoms with Gasteiger partial charge in [0.15, 0.2) is 0 Å². The molecule has 0 unspecified atom stereocenters. The molecular weight excluding hydrogens is 415 g/mol. The summed E-state index contributed by atoms with van der Waals surface area (Å²) in [5.74, 6) is -3.08. The lowest BCUT2D eigenvalue weighted by atomic mass is 9.86. The highest BCUT2D eigenvalue weighted by Gasteiger charge is 2.58. The lowest BCUT2D eigenvalue weighted by Crippen LogP contribution is -2.50. The van der Waals surface area contributed by atoms with Gasteiger partial charge >= 0.3 is 6.18 Å². The number of hydrogen-bond acceptors (Lipinski definition) is 4. The summed E-state index contributed by atoms with van der Waals surface area (Å²) >= 11 is 0. The van der Waals surface area contributed by atoms with Crippen LogP contribution < -0.4 is 10.9 Å². The summed E-state index contributed by atoms with van der Waals surface area (Å²) in [6.07, 6.45) is 0.217. The minimum absolute atomic E-state index is 0.0861. The molecule has 10 heteroatoms. The van der Waals surface area contributed by atoms with Crippen LogP contribution in [-0.4, -0.2) is 51.8 Å². The Morgan fingerprint density at radius 2 is 2.00 bits per heavy atom. The van der Waals surface area contributed by atoms with E-state index in [-0.39, 0.29) is 23.9 Å². The number of hydrogen-bond donors (Lipinski definition) is 2. The van der Waals surface area contributed by atoms with E-state index in [4.69, 9.17) is 0 Å². The summed E-state index contributed by atoms with van der Waals surface area (Å²) in [6, 6.07) is 1.69. The second-order valence-electron chi connectivity index (χ2n) is 8.37. The van der Waals surface area contributed by atoms with E-state index in [1.165, 1.54) is 4.57 Å². The Morgan fingerprint density at radius 1 is 1.29 bits per heavy atom. The van der Waals surface area contributed by atoms with Crippen LogP contribution in [0.2, 0.25) is 0 Å². The minimum atomic E-state index is -4.59. The molecule has 0 aromatic carbocycles. The molecule has 2 fully saturated rings. The highest BCUT2D eigenvalue weighted by molar-refractivity contribution is 5.86. The van der Waals surface area contributed by atoms with Crippen molar-refractivity contribution in [3.8, 4) is 0 Å². The number of amides is 2. The van der Waals surface area contributed by atoms with Crippen molar-refractivity contribution in [2.45, 2.75) is 44.6 Å². The van der Waals surface area contributed by atoms with Gasteiger partial charge in [0.25, 0.3) is 5.56 Å². The van der Waals surface area contributed by atoms with Gasteiger partial charge in [0.1, 0.15) is 6.54 Å². The van der Waals surface area contributed by atoms with Crippen LogP contribution in [0.25, 0.3) is 6.08 Å². The van der Waals surface area contributed by atoms with Crippen LogP contribution in [-0.2, 0) is 16.1 Å². The number of carbonyl (C=O) groups excluding carboxylic acids is 2. The standard InChI is InChI=1S/C21H24F3N3O4/c1-2-3-11-6-7-14-17-16(18(29)25-10-21(22,23)24)13(9-28)15(8-26(14)19(11)30)27(17)20(31)12-4-5-12/h2-3,6-7,12-13,15-17,28H,4-5,8-10H2,1H3,(H,25,29)/b3-2-/t13-,15-,16+,17+/m0/s1. The number of halogens is 3. The summed E-state index contributed by atoms with van der Waals surface area (Å²) in [5.41, 5.74) is 0.551. The number of rotatable bonds is 5. The highest BCUT2D eigenvalue weighted by Crippen LogP contribution is 2.50. The first-order valence-corrected chi connectivity index (χ1v) is 10.3. The van der Waals surface area contributed by atoms with Crippen molar-refractivity contribution < 1.29 is 27.9 Å². The minimum Gasteiger partial charge on any atom is -0.396 e. The number of pyridine rings is 1. The molecule has 2 bridgehead atoms. The van der Waals surface area contributed by atoms with Crippen LogP contribution in [0.4, 0.5) is 13.2 Å². The summed E-state index contributed by atoms with van der Waals surface area (Å²) < 4.78 is 39.6. The largest absolute Gasteiger partial charge is 0.405 e. The number of aromatic nitrogens is 1. The molecule has 3 aliphatic rings. The van der Waals surface area contributed by atoms with Crippen molar-refractivity contribution in [3.63, 3.8) is 0 Å². The Morgan fingerprint density at radius 3 is 2.58 bits per heavy atom. The predicted molar refractivity (Wildman–Crippen MR) is 105 cm³/mol. The first kappa shape index (κ1) is 21.6. The number of aliphatic hydroxyl groups excluding tert-OH is 1. The zero-order chi connectivity index (χ0) is 22.5. The molecule has 168 valence electrons. The van der Waals surface area contributed by atoms with Crippen LogP contribution in [0.5, 0.6) is 0 Å². The fraction of sp³-hybridized carbons (Fsp3) is 0.571. The van der Waals surface area contributed by atoms with Gasteiger partial charge in [-0.1, -0.05) is 12.2 Å². The highest BCUT2D eigenvalue weighted by atomic mass is 19.4. The first-order chi connectivity index (χ1) is 14.7. The summed E-state index contributed by atoms with van der Waals surface area (Å²) in [6.45, 7) is -0.124. The number of alkyl halides is 3. The SMILES string of the molecule is C/C=C\c1ccc2n(c1=O)C[C@H]1[C@H](CO)[C@@H](C(=O)NCC(F)(F)F)[C@@H]2N1C(=O)C1CC1. The van der Waals surface area contributed by atoms with Crippen LogP contribution in [0.1, 0.15) is 37.1 Å². The third kappa shape index (κ3) is 3.77. The topological polar surface area (TPSA) is 91.6 Å². The zero-order valence-corrected chi connectivity index (χ0v) is 16.9. The van der Waals surface area contributed by atoms with Crippen molar-refractivity contribution in [1.82, 2.24) is 14.8 Å². The fourth-order valence-electron chi connectivity index (χ4n) is 4.88. The number of nitrogens with one attached hydrogen (secondary N) is 1. The van der Waals surface area contributed by atoms with Crippen LogP contribution in [0, 0.1) is 17.8 Å². The summed E-state index contributed by atoms with van der Waals surface area (Å²) in [5, 5.41) is 12.0. The van der Waals surface area contributed by atoms with Gasteiger partial charge in [-0.25, -0.2) is 0 Å². The van der Waals surface area contributed by atoms with E-state index in [0.29, 0.717) is 11.3 Å². The van der Waals surface area contributed by atoms with Gasteiger partial charge in [0.05, 0.1) is 18.0 Å². The maximum atomic E-state index is 13.1. The average molecular weight is 439 g/mol. The van der Waals surface area contributed by atoms with Crippen molar-refractivity contribution in [2.24, 2.45) is 17.8 Å². The molecule has 7 nitrogen and oxygen atoms in total. The van der Waals surface area contributed by atoms with Gasteiger partial charge in [-0.15, -0.1) is 0 Å². The lowest BCUT2D eigenvalue weighted by Gasteiger charge is -2.38. The molecular formula is C21H24F3N3O4. The Kier molecular flexibility index (Phi) is 5.45. The predicted octanol–water partition coefficient (Wildman–Crippen LogP) is 1.46. The van der Waals surface area contributed by atoms with Gasteiger partial charge in [0.2, 0.25) is 11.8 Å². The number of fused-ring (bicyclic) bond motifs is 4. The smallest absolute Gasteiger partial charge is 0.396 e. The fourth-order valence-corrected chi connectivity index (χ4v) is 4.88. The molecule has 31 heavy (non-hydrogen) atoms. The molecule has 1 aromatic rings. The third-order valence-corrected chi connectivity index (χ3v) is 6.37.